The third-order valence-electron chi connectivity index (χ3n) is 3.06. The van der Waals surface area contributed by atoms with Crippen molar-refractivity contribution in [2.45, 2.75) is 20.0 Å². The Balaban J connectivity index is 2.09. The molecule has 19 heavy (non-hydrogen) atoms. The van der Waals surface area contributed by atoms with Crippen molar-refractivity contribution in [1.82, 2.24) is 9.88 Å². The molecular formula is C15H19N3O. The molecule has 0 aliphatic carbocycles. The fraction of sp³-hybridized carbons (Fsp3) is 0.267. The van der Waals surface area contributed by atoms with Crippen molar-refractivity contribution >= 4 is 5.69 Å². The van der Waals surface area contributed by atoms with E-state index in [1.54, 1.807) is 18.3 Å². The molecule has 0 spiro atoms. The third-order valence-corrected chi connectivity index (χ3v) is 3.06. The normalized spacial score (nSPS) is 10.8. The van der Waals surface area contributed by atoms with Gasteiger partial charge in [-0.05, 0) is 36.9 Å². The van der Waals surface area contributed by atoms with Gasteiger partial charge in [0.05, 0.1) is 5.69 Å². The molecule has 4 nitrogen and oxygen atoms in total. The van der Waals surface area contributed by atoms with Gasteiger partial charge < -0.3 is 10.8 Å². The molecule has 1 aromatic heterocycles. The van der Waals surface area contributed by atoms with Gasteiger partial charge in [-0.3, -0.25) is 9.88 Å². The third kappa shape index (κ3) is 3.69. The summed E-state index contributed by atoms with van der Waals surface area (Å²) in [4.78, 5) is 6.52. The van der Waals surface area contributed by atoms with E-state index in [1.165, 1.54) is 0 Å². The van der Waals surface area contributed by atoms with Crippen LogP contribution in [0, 0.1) is 0 Å². The van der Waals surface area contributed by atoms with E-state index in [2.05, 4.69) is 16.8 Å². The molecule has 0 aliphatic rings. The minimum absolute atomic E-state index is 0.286. The molecule has 0 saturated carbocycles. The summed E-state index contributed by atoms with van der Waals surface area (Å²) in [5, 5.41) is 9.85. The van der Waals surface area contributed by atoms with Gasteiger partial charge in [-0.1, -0.05) is 13.0 Å². The highest BCUT2D eigenvalue weighted by atomic mass is 16.3. The summed E-state index contributed by atoms with van der Waals surface area (Å²) in [6, 6.07) is 11.0. The van der Waals surface area contributed by atoms with E-state index in [4.69, 9.17) is 5.73 Å². The zero-order chi connectivity index (χ0) is 13.7. The molecule has 0 saturated heterocycles. The highest BCUT2D eigenvalue weighted by Crippen LogP contribution is 2.21. The van der Waals surface area contributed by atoms with Crippen LogP contribution in [0.2, 0.25) is 0 Å². The molecule has 0 unspecified atom stereocenters. The Labute approximate surface area is 113 Å². The van der Waals surface area contributed by atoms with Crippen LogP contribution in [0.25, 0.3) is 0 Å². The molecule has 0 fully saturated rings. The Morgan fingerprint density at radius 2 is 2.05 bits per heavy atom. The van der Waals surface area contributed by atoms with Crippen LogP contribution in [0.4, 0.5) is 5.69 Å². The molecule has 0 bridgehead atoms. The summed E-state index contributed by atoms with van der Waals surface area (Å²) in [7, 11) is 0. The first-order chi connectivity index (χ1) is 9.19. The summed E-state index contributed by atoms with van der Waals surface area (Å²) < 4.78 is 0. The predicted molar refractivity (Wildman–Crippen MR) is 76.5 cm³/mol. The molecule has 0 radical (unpaired) electrons. The number of aromatic nitrogens is 1. The summed E-state index contributed by atoms with van der Waals surface area (Å²) in [6.07, 6.45) is 1.79. The van der Waals surface area contributed by atoms with E-state index in [0.717, 1.165) is 24.3 Å². The molecule has 0 atom stereocenters. The average molecular weight is 257 g/mol. The van der Waals surface area contributed by atoms with Crippen LogP contribution in [-0.4, -0.2) is 21.5 Å². The van der Waals surface area contributed by atoms with Gasteiger partial charge in [0.15, 0.2) is 0 Å². The summed E-state index contributed by atoms with van der Waals surface area (Å²) in [5.74, 6) is 0.286. The first kappa shape index (κ1) is 13.4. The Bertz CT molecular complexity index is 528. The molecule has 1 heterocycles. The second-order valence-corrected chi connectivity index (χ2v) is 4.51. The van der Waals surface area contributed by atoms with Crippen LogP contribution in [0.3, 0.4) is 0 Å². The van der Waals surface area contributed by atoms with Crippen LogP contribution in [0.1, 0.15) is 18.2 Å². The van der Waals surface area contributed by atoms with E-state index >= 15 is 0 Å². The van der Waals surface area contributed by atoms with Crippen LogP contribution in [0.5, 0.6) is 5.75 Å². The molecule has 1 aromatic carbocycles. The van der Waals surface area contributed by atoms with Crippen molar-refractivity contribution < 1.29 is 5.11 Å². The number of hydrogen-bond acceptors (Lipinski definition) is 4. The first-order valence-corrected chi connectivity index (χ1v) is 6.38. The number of phenols is 1. The van der Waals surface area contributed by atoms with Crippen molar-refractivity contribution in [3.8, 4) is 5.75 Å². The number of benzene rings is 1. The van der Waals surface area contributed by atoms with Gasteiger partial charge in [0.1, 0.15) is 5.75 Å². The molecule has 0 amide bonds. The lowest BCUT2D eigenvalue weighted by molar-refractivity contribution is 0.264. The van der Waals surface area contributed by atoms with Crippen LogP contribution < -0.4 is 5.73 Å². The second kappa shape index (κ2) is 6.20. The lowest BCUT2D eigenvalue weighted by atomic mass is 10.1. The fourth-order valence-corrected chi connectivity index (χ4v) is 1.97. The maximum atomic E-state index is 9.85. The number of aromatic hydroxyl groups is 1. The number of nitrogens with two attached hydrogens (primary N) is 1. The summed E-state index contributed by atoms with van der Waals surface area (Å²) in [5.41, 5.74) is 8.29. The average Bonchev–Trinajstić information content (AvgIpc) is 2.43. The summed E-state index contributed by atoms with van der Waals surface area (Å²) in [6.45, 7) is 4.38. The molecule has 0 aliphatic heterocycles. The number of hydrogen-bond donors (Lipinski definition) is 2. The van der Waals surface area contributed by atoms with E-state index in [0.29, 0.717) is 12.2 Å². The number of anilines is 1. The van der Waals surface area contributed by atoms with Gasteiger partial charge in [0.2, 0.25) is 0 Å². The maximum absolute atomic E-state index is 9.85. The van der Waals surface area contributed by atoms with Gasteiger partial charge in [0.25, 0.3) is 0 Å². The number of nitrogen functional groups attached to an aromatic ring is 1. The predicted octanol–water partition coefficient (Wildman–Crippen LogP) is 2.39. The number of pyridine rings is 1. The van der Waals surface area contributed by atoms with Crippen LogP contribution in [0.15, 0.2) is 42.6 Å². The zero-order valence-corrected chi connectivity index (χ0v) is 11.1. The standard InChI is InChI=1S/C15H19N3O/c1-2-18(11-14-5-3-4-8-17-14)10-12-9-13(16)6-7-15(12)19/h3-9,19H,2,10-11,16H2,1H3. The lowest BCUT2D eigenvalue weighted by Crippen LogP contribution is -2.22. The summed E-state index contributed by atoms with van der Waals surface area (Å²) >= 11 is 0. The van der Waals surface area contributed by atoms with E-state index in [9.17, 15) is 5.11 Å². The Hall–Kier alpha value is -2.07. The van der Waals surface area contributed by atoms with Crippen molar-refractivity contribution in [2.75, 3.05) is 12.3 Å². The fourth-order valence-electron chi connectivity index (χ4n) is 1.97. The van der Waals surface area contributed by atoms with E-state index in [1.807, 2.05) is 24.3 Å². The van der Waals surface area contributed by atoms with Crippen LogP contribution >= 0.6 is 0 Å². The molecule has 2 aromatic rings. The van der Waals surface area contributed by atoms with E-state index < -0.39 is 0 Å². The Morgan fingerprint density at radius 1 is 1.21 bits per heavy atom. The SMILES string of the molecule is CCN(Cc1ccccn1)Cc1cc(N)ccc1O. The minimum Gasteiger partial charge on any atom is -0.508 e. The first-order valence-electron chi connectivity index (χ1n) is 6.38. The van der Waals surface area contributed by atoms with Crippen molar-refractivity contribution in [1.29, 1.82) is 0 Å². The van der Waals surface area contributed by atoms with Gasteiger partial charge >= 0.3 is 0 Å². The lowest BCUT2D eigenvalue weighted by Gasteiger charge is -2.20. The topological polar surface area (TPSA) is 62.4 Å². The monoisotopic (exact) mass is 257 g/mol. The Kier molecular flexibility index (Phi) is 4.36. The molecule has 4 heteroatoms. The number of rotatable bonds is 5. The van der Waals surface area contributed by atoms with Crippen molar-refractivity contribution in [3.05, 3.63) is 53.9 Å². The highest BCUT2D eigenvalue weighted by Gasteiger charge is 2.09. The Morgan fingerprint density at radius 3 is 2.74 bits per heavy atom. The van der Waals surface area contributed by atoms with Gasteiger partial charge in [-0.25, -0.2) is 0 Å². The van der Waals surface area contributed by atoms with Crippen molar-refractivity contribution in [3.63, 3.8) is 0 Å². The molecular weight excluding hydrogens is 238 g/mol. The van der Waals surface area contributed by atoms with Gasteiger partial charge in [0, 0.05) is 30.5 Å². The molecule has 100 valence electrons. The largest absolute Gasteiger partial charge is 0.508 e. The minimum atomic E-state index is 0.286. The molecule has 2 rings (SSSR count). The smallest absolute Gasteiger partial charge is 0.120 e. The zero-order valence-electron chi connectivity index (χ0n) is 11.1. The number of phenolic OH excluding ortho intramolecular Hbond substituents is 1. The number of nitrogens with zero attached hydrogens (tertiary/aromatic N) is 2. The van der Waals surface area contributed by atoms with Gasteiger partial charge in [-0.15, -0.1) is 0 Å². The molecule has 3 N–H and O–H groups in total. The quantitative estimate of drug-likeness (QED) is 0.637. The highest BCUT2D eigenvalue weighted by molar-refractivity contribution is 5.47. The van der Waals surface area contributed by atoms with Crippen molar-refractivity contribution in [2.24, 2.45) is 0 Å². The second-order valence-electron chi connectivity index (χ2n) is 4.51. The van der Waals surface area contributed by atoms with Gasteiger partial charge in [-0.2, -0.15) is 0 Å². The van der Waals surface area contributed by atoms with E-state index in [-0.39, 0.29) is 5.75 Å². The van der Waals surface area contributed by atoms with Crippen LogP contribution in [-0.2, 0) is 13.1 Å². The maximum Gasteiger partial charge on any atom is 0.120 e.